The first-order valence-corrected chi connectivity index (χ1v) is 19.9. The van der Waals surface area contributed by atoms with Crippen molar-refractivity contribution in [1.29, 1.82) is 0 Å². The van der Waals surface area contributed by atoms with Crippen LogP contribution in [0.4, 0.5) is 4.79 Å². The van der Waals surface area contributed by atoms with Crippen LogP contribution in [0.3, 0.4) is 0 Å². The Morgan fingerprint density at radius 2 is 1.91 bits per heavy atom. The number of nitrogens with one attached hydrogen (secondary N) is 3. The number of hydrogen-bond donors (Lipinski definition) is 3. The first-order valence-electron chi connectivity index (χ1n) is 18.4. The van der Waals surface area contributed by atoms with Gasteiger partial charge in [-0.15, -0.1) is 0 Å². The van der Waals surface area contributed by atoms with Gasteiger partial charge in [0.25, 0.3) is 5.91 Å². The predicted octanol–water partition coefficient (Wildman–Crippen LogP) is 2.33. The molecule has 7 rings (SSSR count). The quantitative estimate of drug-likeness (QED) is 0.308. The molecule has 1 aromatic heterocycles. The second-order valence-corrected chi connectivity index (χ2v) is 16.4. The molecule has 1 aromatic carbocycles. The van der Waals surface area contributed by atoms with Gasteiger partial charge in [-0.3, -0.25) is 23.9 Å². The molecule has 4 heterocycles. The molecule has 2 aliphatic carbocycles. The summed E-state index contributed by atoms with van der Waals surface area (Å²) in [5.74, 6) is -2.74. The third-order valence-electron chi connectivity index (χ3n) is 10.6. The lowest BCUT2D eigenvalue weighted by molar-refractivity contribution is -0.141. The molecule has 1 saturated heterocycles. The number of carbonyl (C=O) groups excluding carboxylic acids is 5. The summed E-state index contributed by atoms with van der Waals surface area (Å²) < 4.78 is 39.8. The summed E-state index contributed by atoms with van der Waals surface area (Å²) in [7, 11) is -3.94. The Morgan fingerprint density at radius 3 is 2.70 bits per heavy atom. The Bertz CT molecular complexity index is 2030. The summed E-state index contributed by atoms with van der Waals surface area (Å²) in [4.78, 5) is 76.0. The van der Waals surface area contributed by atoms with Crippen LogP contribution < -0.4 is 20.1 Å². The van der Waals surface area contributed by atoms with Crippen LogP contribution in [0.1, 0.15) is 56.9 Å². The third kappa shape index (κ3) is 7.98. The first-order chi connectivity index (χ1) is 26.0. The van der Waals surface area contributed by atoms with Gasteiger partial charge in [0.05, 0.1) is 18.4 Å². The number of benzene rings is 1. The number of carbonyl (C=O) groups is 5. The molecule has 0 radical (unpaired) electrons. The minimum absolute atomic E-state index is 0.00201. The van der Waals surface area contributed by atoms with E-state index in [0.717, 1.165) is 16.3 Å². The second kappa shape index (κ2) is 15.2. The predicted molar refractivity (Wildman–Crippen MR) is 197 cm³/mol. The zero-order valence-corrected chi connectivity index (χ0v) is 30.6. The summed E-state index contributed by atoms with van der Waals surface area (Å²) in [5.41, 5.74) is -0.685. The summed E-state index contributed by atoms with van der Waals surface area (Å²) >= 11 is 0. The molecule has 15 nitrogen and oxygen atoms in total. The SMILES string of the molecule is C=CC(=O)N1CC/C=C\[C@@H]2C[C@@]2(C(=O)NS(=O)(=O)C2CC2)NC(=O)[C@@H]2CC3CN2C(=O)[C@H](CC1)NC(=O)OCCC/C=C/c1ccc2ccnc(c2c1)O3. The Labute approximate surface area is 313 Å². The number of allylic oxidation sites excluding steroid dienone is 1. The molecule has 16 heteroatoms. The van der Waals surface area contributed by atoms with Gasteiger partial charge in [0.1, 0.15) is 23.7 Å². The fraction of sp³-hybridized carbons (Fsp3) is 0.474. The monoisotopic (exact) mass is 760 g/mol. The Balaban J connectivity index is 1.26. The van der Waals surface area contributed by atoms with Crippen LogP contribution in [0, 0.1) is 5.92 Å². The largest absolute Gasteiger partial charge is 0.472 e. The summed E-state index contributed by atoms with van der Waals surface area (Å²) in [6.07, 6.45) is 11.2. The number of alkyl carbamates (subject to hydrolysis) is 1. The molecule has 0 spiro atoms. The van der Waals surface area contributed by atoms with Crippen molar-refractivity contribution in [1.82, 2.24) is 30.1 Å². The number of sulfonamides is 1. The Kier molecular flexibility index (Phi) is 10.5. The van der Waals surface area contributed by atoms with Crippen molar-refractivity contribution in [3.05, 3.63) is 66.9 Å². The maximum atomic E-state index is 14.6. The van der Waals surface area contributed by atoms with E-state index in [1.54, 1.807) is 18.3 Å². The fourth-order valence-corrected chi connectivity index (χ4v) is 8.68. The fourth-order valence-electron chi connectivity index (χ4n) is 7.32. The highest BCUT2D eigenvalue weighted by atomic mass is 32.2. The van der Waals surface area contributed by atoms with Gasteiger partial charge in [-0.2, -0.15) is 0 Å². The highest BCUT2D eigenvalue weighted by molar-refractivity contribution is 7.91. The summed E-state index contributed by atoms with van der Waals surface area (Å²) in [5, 5.41) is 6.46. The van der Waals surface area contributed by atoms with Gasteiger partial charge >= 0.3 is 6.09 Å². The lowest BCUT2D eigenvalue weighted by atomic mass is 10.1. The number of nitrogens with zero attached hydrogens (tertiary/aromatic N) is 3. The molecule has 5 amide bonds. The number of aromatic nitrogens is 1. The maximum absolute atomic E-state index is 14.6. The van der Waals surface area contributed by atoms with Gasteiger partial charge in [-0.05, 0) is 74.1 Å². The van der Waals surface area contributed by atoms with E-state index < -0.39 is 68.7 Å². The third-order valence-corrected chi connectivity index (χ3v) is 12.4. The van der Waals surface area contributed by atoms with Crippen LogP contribution in [-0.4, -0.2) is 108 Å². The summed E-state index contributed by atoms with van der Waals surface area (Å²) in [6.45, 7) is 3.93. The minimum Gasteiger partial charge on any atom is -0.472 e. The molecular formula is C38H44N6O9S. The van der Waals surface area contributed by atoms with Crippen LogP contribution in [0.25, 0.3) is 16.8 Å². The van der Waals surface area contributed by atoms with E-state index in [1.165, 1.54) is 15.9 Å². The molecule has 286 valence electrons. The second-order valence-electron chi connectivity index (χ2n) is 14.4. The van der Waals surface area contributed by atoms with Gasteiger partial charge in [0.2, 0.25) is 33.6 Å². The first kappa shape index (κ1) is 37.1. The van der Waals surface area contributed by atoms with Gasteiger partial charge in [-0.25, -0.2) is 18.2 Å². The van der Waals surface area contributed by atoms with Crippen molar-refractivity contribution in [2.24, 2.45) is 5.92 Å². The molecule has 54 heavy (non-hydrogen) atoms. The smallest absolute Gasteiger partial charge is 0.407 e. The lowest BCUT2D eigenvalue weighted by Crippen LogP contribution is -2.58. The van der Waals surface area contributed by atoms with E-state index in [2.05, 4.69) is 26.9 Å². The molecule has 3 aliphatic heterocycles. The number of fused-ring (bicyclic) bond motifs is 4. The van der Waals surface area contributed by atoms with Crippen molar-refractivity contribution in [3.63, 3.8) is 0 Å². The van der Waals surface area contributed by atoms with Crippen LogP contribution in [0.2, 0.25) is 0 Å². The summed E-state index contributed by atoms with van der Waals surface area (Å²) in [6, 6.07) is 5.33. The highest BCUT2D eigenvalue weighted by Gasteiger charge is 2.62. The van der Waals surface area contributed by atoms with E-state index in [9.17, 15) is 32.4 Å². The van der Waals surface area contributed by atoms with Crippen molar-refractivity contribution in [2.45, 2.75) is 80.3 Å². The molecule has 3 N–H and O–H groups in total. The van der Waals surface area contributed by atoms with Crippen molar-refractivity contribution < 1.29 is 41.9 Å². The van der Waals surface area contributed by atoms with E-state index >= 15 is 0 Å². The highest BCUT2D eigenvalue weighted by Crippen LogP contribution is 2.46. The van der Waals surface area contributed by atoms with Crippen molar-refractivity contribution >= 4 is 56.6 Å². The molecule has 5 bridgehead atoms. The van der Waals surface area contributed by atoms with Gasteiger partial charge in [-0.1, -0.05) is 43.0 Å². The molecule has 1 unspecified atom stereocenters. The van der Waals surface area contributed by atoms with Gasteiger partial charge < -0.3 is 29.9 Å². The Hall–Kier alpha value is -5.25. The topological polar surface area (TPSA) is 193 Å². The number of cyclic esters (lactones) is 1. The Morgan fingerprint density at radius 1 is 1.07 bits per heavy atom. The number of hydrogen-bond acceptors (Lipinski definition) is 10. The van der Waals surface area contributed by atoms with Gasteiger partial charge in [0, 0.05) is 37.0 Å². The molecule has 3 fully saturated rings. The van der Waals surface area contributed by atoms with E-state index in [1.807, 2.05) is 36.4 Å². The number of rotatable bonds is 4. The average molecular weight is 761 g/mol. The van der Waals surface area contributed by atoms with Gasteiger partial charge in [0.15, 0.2) is 0 Å². The van der Waals surface area contributed by atoms with Crippen LogP contribution in [0.5, 0.6) is 5.88 Å². The molecular weight excluding hydrogens is 717 g/mol. The zero-order valence-electron chi connectivity index (χ0n) is 29.8. The van der Waals surface area contributed by atoms with E-state index in [4.69, 9.17) is 9.47 Å². The average Bonchev–Trinajstić information content (AvgIpc) is 4.08. The zero-order chi connectivity index (χ0) is 38.0. The minimum atomic E-state index is -3.94. The van der Waals surface area contributed by atoms with Crippen LogP contribution in [-0.2, 0) is 33.9 Å². The van der Waals surface area contributed by atoms with Crippen molar-refractivity contribution in [2.75, 3.05) is 26.2 Å². The van der Waals surface area contributed by atoms with E-state index in [0.29, 0.717) is 38.0 Å². The normalized spacial score (nSPS) is 29.1. The van der Waals surface area contributed by atoms with Crippen molar-refractivity contribution in [3.8, 4) is 5.88 Å². The van der Waals surface area contributed by atoms with Crippen LogP contribution >= 0.6 is 0 Å². The van der Waals surface area contributed by atoms with Crippen LogP contribution in [0.15, 0.2) is 61.3 Å². The molecule has 5 atom stereocenters. The van der Waals surface area contributed by atoms with E-state index in [-0.39, 0.29) is 51.4 Å². The standard InChI is InChI=1S/C38H44N6O9S/c1-2-32(45)43-17-6-5-9-26-22-38(26,36(48)42-54(50,51)28-12-13-28)41-33(46)31-21-27-23-44(31)35(47)30(15-18-43)40-37(49)52-19-7-3-4-8-24-10-11-25-14-16-39-34(53-27)29(25)20-24/h2,4-5,8-11,14,16,20,26-28,30-31H,1,3,6-7,12-13,15,17-19,21-23H2,(H,40,49)(H,41,46)(H,42,48)/b8-4+,9-5-/t26-,27?,30+,31+,38-/m1/s1. The number of amides is 5. The maximum Gasteiger partial charge on any atom is 0.407 e. The number of pyridine rings is 1. The number of ether oxygens (including phenoxy) is 2. The molecule has 2 aromatic rings. The lowest BCUT2D eigenvalue weighted by Gasteiger charge is -2.30. The molecule has 2 saturated carbocycles. The molecule has 5 aliphatic rings.